The Bertz CT molecular complexity index is 607. The smallest absolute Gasteiger partial charge is 0.338 e. The van der Waals surface area contributed by atoms with Gasteiger partial charge in [-0.15, -0.1) is 0 Å². The van der Waals surface area contributed by atoms with Gasteiger partial charge in [-0.05, 0) is 12.1 Å². The van der Waals surface area contributed by atoms with Crippen LogP contribution in [0, 0.1) is 6.92 Å². The van der Waals surface area contributed by atoms with Crippen molar-refractivity contribution in [1.82, 2.24) is 4.98 Å². The van der Waals surface area contributed by atoms with E-state index in [2.05, 4.69) is 4.98 Å². The predicted octanol–water partition coefficient (Wildman–Crippen LogP) is 2.45. The third kappa shape index (κ3) is 2.45. The summed E-state index contributed by atoms with van der Waals surface area (Å²) >= 11 is 0. The summed E-state index contributed by atoms with van der Waals surface area (Å²) in [5, 5.41) is 0. The van der Waals surface area contributed by atoms with Crippen LogP contribution in [0.25, 0.3) is 11.3 Å². The number of oxazole rings is 1. The molecule has 6 nitrogen and oxygen atoms in total. The molecule has 0 amide bonds. The first kappa shape index (κ1) is 13.9. The first-order chi connectivity index (χ1) is 9.60. The minimum atomic E-state index is -0.470. The van der Waals surface area contributed by atoms with Crippen molar-refractivity contribution in [2.45, 2.75) is 6.92 Å². The normalized spacial score (nSPS) is 10.2. The van der Waals surface area contributed by atoms with Gasteiger partial charge in [0, 0.05) is 6.92 Å². The van der Waals surface area contributed by atoms with E-state index in [9.17, 15) is 4.79 Å². The monoisotopic (exact) mass is 277 g/mol. The number of aryl methyl sites for hydroxylation is 1. The fourth-order valence-electron chi connectivity index (χ4n) is 1.87. The van der Waals surface area contributed by atoms with Gasteiger partial charge in [-0.3, -0.25) is 0 Å². The molecule has 1 heterocycles. The molecule has 0 aliphatic carbocycles. The third-order valence-electron chi connectivity index (χ3n) is 2.79. The SMILES string of the molecule is COC(=O)c1cc(OC)c(-c2cnc(C)o2)c(OC)c1. The van der Waals surface area contributed by atoms with Crippen LogP contribution >= 0.6 is 0 Å². The van der Waals surface area contributed by atoms with Crippen molar-refractivity contribution in [2.75, 3.05) is 21.3 Å². The Hall–Kier alpha value is -2.50. The number of benzene rings is 1. The fraction of sp³-hybridized carbons (Fsp3) is 0.286. The molecule has 0 spiro atoms. The second-order valence-electron chi connectivity index (χ2n) is 3.99. The predicted molar refractivity (Wildman–Crippen MR) is 71.1 cm³/mol. The number of esters is 1. The topological polar surface area (TPSA) is 70.8 Å². The van der Waals surface area contributed by atoms with Crippen LogP contribution < -0.4 is 9.47 Å². The standard InChI is InChI=1S/C14H15NO5/c1-8-15-7-12(20-8)13-10(17-2)5-9(14(16)19-4)6-11(13)18-3/h5-7H,1-4H3. The first-order valence-electron chi connectivity index (χ1n) is 5.87. The summed E-state index contributed by atoms with van der Waals surface area (Å²) in [6.45, 7) is 1.74. The molecule has 1 aromatic carbocycles. The third-order valence-corrected chi connectivity index (χ3v) is 2.79. The van der Waals surface area contributed by atoms with Crippen LogP contribution in [0.3, 0.4) is 0 Å². The molecule has 2 rings (SSSR count). The van der Waals surface area contributed by atoms with Crippen LogP contribution in [-0.2, 0) is 4.74 Å². The Morgan fingerprint density at radius 1 is 1.15 bits per heavy atom. The van der Waals surface area contributed by atoms with E-state index in [1.807, 2.05) is 0 Å². The molecular weight excluding hydrogens is 262 g/mol. The maximum absolute atomic E-state index is 11.6. The van der Waals surface area contributed by atoms with Crippen LogP contribution in [0.1, 0.15) is 16.2 Å². The van der Waals surface area contributed by atoms with Gasteiger partial charge in [-0.1, -0.05) is 0 Å². The lowest BCUT2D eigenvalue weighted by molar-refractivity contribution is 0.0600. The van der Waals surface area contributed by atoms with Crippen molar-refractivity contribution >= 4 is 5.97 Å². The van der Waals surface area contributed by atoms with Gasteiger partial charge >= 0.3 is 5.97 Å². The summed E-state index contributed by atoms with van der Waals surface area (Å²) in [4.78, 5) is 15.7. The van der Waals surface area contributed by atoms with E-state index in [1.54, 1.807) is 25.3 Å². The number of nitrogens with zero attached hydrogens (tertiary/aromatic N) is 1. The summed E-state index contributed by atoms with van der Waals surface area (Å²) in [6, 6.07) is 3.14. The molecule has 0 bridgehead atoms. The largest absolute Gasteiger partial charge is 0.496 e. The van der Waals surface area contributed by atoms with Crippen molar-refractivity contribution < 1.29 is 23.4 Å². The van der Waals surface area contributed by atoms with E-state index in [1.165, 1.54) is 21.3 Å². The maximum Gasteiger partial charge on any atom is 0.338 e. The Labute approximate surface area is 116 Å². The second-order valence-corrected chi connectivity index (χ2v) is 3.99. The molecular formula is C14H15NO5. The molecule has 0 unspecified atom stereocenters. The summed E-state index contributed by atoms with van der Waals surface area (Å²) in [5.74, 6) is 1.46. The molecule has 0 radical (unpaired) electrons. The average Bonchev–Trinajstić information content (AvgIpc) is 2.90. The molecule has 20 heavy (non-hydrogen) atoms. The molecule has 6 heteroatoms. The number of carbonyl (C=O) groups excluding carboxylic acids is 1. The zero-order valence-electron chi connectivity index (χ0n) is 11.7. The molecule has 0 aliphatic rings. The summed E-state index contributed by atoms with van der Waals surface area (Å²) in [5.41, 5.74) is 0.935. The Balaban J connectivity index is 2.64. The van der Waals surface area contributed by atoms with Crippen LogP contribution in [0.15, 0.2) is 22.7 Å². The number of ether oxygens (including phenoxy) is 3. The molecule has 0 aliphatic heterocycles. The molecule has 0 saturated carbocycles. The van der Waals surface area contributed by atoms with E-state index < -0.39 is 5.97 Å². The van der Waals surface area contributed by atoms with Gasteiger partial charge in [-0.25, -0.2) is 9.78 Å². The van der Waals surface area contributed by atoms with Crippen molar-refractivity contribution in [3.63, 3.8) is 0 Å². The van der Waals surface area contributed by atoms with Gasteiger partial charge in [-0.2, -0.15) is 0 Å². The molecule has 2 aromatic rings. The highest BCUT2D eigenvalue weighted by atomic mass is 16.5. The van der Waals surface area contributed by atoms with Crippen LogP contribution in [0.5, 0.6) is 11.5 Å². The molecule has 0 fully saturated rings. The number of aromatic nitrogens is 1. The lowest BCUT2D eigenvalue weighted by Gasteiger charge is -2.12. The highest BCUT2D eigenvalue weighted by molar-refractivity contribution is 5.92. The van der Waals surface area contributed by atoms with E-state index in [4.69, 9.17) is 18.6 Å². The number of carbonyl (C=O) groups is 1. The lowest BCUT2D eigenvalue weighted by atomic mass is 10.1. The van der Waals surface area contributed by atoms with E-state index in [-0.39, 0.29) is 0 Å². The van der Waals surface area contributed by atoms with Gasteiger partial charge < -0.3 is 18.6 Å². The van der Waals surface area contributed by atoms with Gasteiger partial charge in [0.1, 0.15) is 17.1 Å². The van der Waals surface area contributed by atoms with Gasteiger partial charge in [0.2, 0.25) is 0 Å². The number of methoxy groups -OCH3 is 3. The number of hydrogen-bond acceptors (Lipinski definition) is 6. The fourth-order valence-corrected chi connectivity index (χ4v) is 1.87. The lowest BCUT2D eigenvalue weighted by Crippen LogP contribution is -2.03. The highest BCUT2D eigenvalue weighted by Crippen LogP contribution is 2.39. The van der Waals surface area contributed by atoms with Crippen LogP contribution in [0.2, 0.25) is 0 Å². The number of rotatable bonds is 4. The van der Waals surface area contributed by atoms with Crippen LogP contribution in [-0.4, -0.2) is 32.3 Å². The van der Waals surface area contributed by atoms with Crippen LogP contribution in [0.4, 0.5) is 0 Å². The van der Waals surface area contributed by atoms with Gasteiger partial charge in [0.15, 0.2) is 11.7 Å². The van der Waals surface area contributed by atoms with Gasteiger partial charge in [0.25, 0.3) is 0 Å². The Kier molecular flexibility index (Phi) is 3.93. The van der Waals surface area contributed by atoms with Crippen molar-refractivity contribution in [3.8, 4) is 22.8 Å². The quantitative estimate of drug-likeness (QED) is 0.799. The van der Waals surface area contributed by atoms with E-state index in [0.717, 1.165) is 0 Å². The summed E-state index contributed by atoms with van der Waals surface area (Å²) < 4.78 is 20.8. The Morgan fingerprint density at radius 2 is 1.75 bits per heavy atom. The van der Waals surface area contributed by atoms with E-state index >= 15 is 0 Å². The van der Waals surface area contributed by atoms with Crippen molar-refractivity contribution in [3.05, 3.63) is 29.8 Å². The van der Waals surface area contributed by atoms with E-state index in [0.29, 0.717) is 34.3 Å². The minimum Gasteiger partial charge on any atom is -0.496 e. The Morgan fingerprint density at radius 3 is 2.15 bits per heavy atom. The van der Waals surface area contributed by atoms with Crippen molar-refractivity contribution in [2.24, 2.45) is 0 Å². The minimum absolute atomic E-state index is 0.334. The molecule has 0 atom stereocenters. The van der Waals surface area contributed by atoms with Gasteiger partial charge in [0.05, 0.1) is 33.1 Å². The molecule has 0 N–H and O–H groups in total. The highest BCUT2D eigenvalue weighted by Gasteiger charge is 2.20. The van der Waals surface area contributed by atoms with Crippen molar-refractivity contribution in [1.29, 1.82) is 0 Å². The molecule has 106 valence electrons. The molecule has 0 saturated heterocycles. The maximum atomic E-state index is 11.6. The summed E-state index contributed by atoms with van der Waals surface area (Å²) in [6.07, 6.45) is 1.58. The average molecular weight is 277 g/mol. The zero-order valence-corrected chi connectivity index (χ0v) is 11.7. The zero-order chi connectivity index (χ0) is 14.7. The second kappa shape index (κ2) is 5.64. The summed E-state index contributed by atoms with van der Waals surface area (Å²) in [7, 11) is 4.32. The number of hydrogen-bond donors (Lipinski definition) is 0. The first-order valence-corrected chi connectivity index (χ1v) is 5.87. The molecule has 1 aromatic heterocycles.